The fourth-order valence-electron chi connectivity index (χ4n) is 0.0745. The number of hydrogen-bond donors (Lipinski definition) is 0. The first-order valence-electron chi connectivity index (χ1n) is 3.48. The molecule has 7 heteroatoms. The average molecular weight is 232 g/mol. The smallest absolute Gasteiger partial charge is 0.327 e. The van der Waals surface area contributed by atoms with Crippen LogP contribution in [0.15, 0.2) is 0 Å². The van der Waals surface area contributed by atoms with E-state index in [1.807, 2.05) is 0 Å². The summed E-state index contributed by atoms with van der Waals surface area (Å²) in [5, 5.41) is 0. The largest absolute Gasteiger partial charge is 0.332 e. The van der Waals surface area contributed by atoms with E-state index in [4.69, 9.17) is 0 Å². The van der Waals surface area contributed by atoms with Crippen molar-refractivity contribution >= 4 is 15.0 Å². The van der Waals surface area contributed by atoms with Crippen molar-refractivity contribution < 1.29 is 22.7 Å². The third kappa shape index (κ3) is 15.1. The molecule has 0 bridgehead atoms. The Kier molecular flexibility index (Phi) is 8.19. The molecule has 0 radical (unpaired) electrons. The van der Waals surface area contributed by atoms with Crippen molar-refractivity contribution in [2.24, 2.45) is 0 Å². The highest BCUT2D eigenvalue weighted by Gasteiger charge is 2.08. The van der Waals surface area contributed by atoms with Crippen molar-refractivity contribution in [1.29, 1.82) is 0 Å². The summed E-state index contributed by atoms with van der Waals surface area (Å²) in [7, 11) is -0.653. The van der Waals surface area contributed by atoms with Gasteiger partial charge < -0.3 is 13.6 Å². The van der Waals surface area contributed by atoms with Crippen LogP contribution in [0.3, 0.4) is 0 Å². The molecule has 0 aliphatic rings. The fourth-order valence-corrected chi connectivity index (χ4v) is 0.224. The highest BCUT2D eigenvalue weighted by atomic mass is 31.2. The first kappa shape index (κ1) is 15.8. The van der Waals surface area contributed by atoms with E-state index in [1.54, 1.807) is 13.3 Å². The lowest BCUT2D eigenvalue weighted by Crippen LogP contribution is -1.82. The molecule has 0 rings (SSSR count). The predicted octanol–water partition coefficient (Wildman–Crippen LogP) is 2.27. The van der Waals surface area contributed by atoms with Gasteiger partial charge in [-0.15, -0.1) is 0 Å². The fraction of sp³-hybridized carbons (Fsp3) is 1.00. The van der Waals surface area contributed by atoms with E-state index in [-0.39, 0.29) is 0 Å². The van der Waals surface area contributed by atoms with Crippen molar-refractivity contribution in [3.63, 3.8) is 0 Å². The number of hydrogen-bond acceptors (Lipinski definition) is 5. The van der Waals surface area contributed by atoms with Gasteiger partial charge in [0.15, 0.2) is 7.37 Å². The van der Waals surface area contributed by atoms with Crippen molar-refractivity contribution in [1.82, 2.24) is 0 Å². The second kappa shape index (κ2) is 6.74. The van der Waals surface area contributed by atoms with Gasteiger partial charge in [0.1, 0.15) is 0 Å². The van der Waals surface area contributed by atoms with Crippen LogP contribution in [0.2, 0.25) is 0 Å². The Balaban J connectivity index is 0. The maximum absolute atomic E-state index is 10.5. The maximum Gasteiger partial charge on any atom is 0.327 e. The lowest BCUT2D eigenvalue weighted by Gasteiger charge is -2.04. The van der Waals surface area contributed by atoms with Gasteiger partial charge in [0.25, 0.3) is 0 Å². The normalized spacial score (nSPS) is 11.8. The van der Waals surface area contributed by atoms with Crippen molar-refractivity contribution in [2.45, 2.75) is 0 Å². The van der Waals surface area contributed by atoms with Gasteiger partial charge in [-0.25, -0.2) is 0 Å². The Labute approximate surface area is 79.7 Å². The number of rotatable bonds is 3. The molecule has 0 aromatic carbocycles. The molecule has 0 aliphatic heterocycles. The zero-order valence-electron chi connectivity index (χ0n) is 8.94. The van der Waals surface area contributed by atoms with Gasteiger partial charge in [0.2, 0.25) is 0 Å². The van der Waals surface area contributed by atoms with Gasteiger partial charge >= 0.3 is 7.60 Å². The second-order valence-electron chi connectivity index (χ2n) is 2.57. The standard InChI is InChI=1S/C3H9O3P.C3H9O2P/c1-5-7(3,4)6-2;1-5-6(2,3)4/h1-3H3;1-3H3. The molecular weight excluding hydrogens is 214 g/mol. The molecule has 0 N–H and O–H groups in total. The lowest BCUT2D eigenvalue weighted by molar-refractivity contribution is 0.282. The molecule has 82 valence electrons. The maximum atomic E-state index is 10.5. The predicted molar refractivity (Wildman–Crippen MR) is 54.0 cm³/mol. The molecular formula is C6H18O5P2. The van der Waals surface area contributed by atoms with Crippen molar-refractivity contribution in [2.75, 3.05) is 41.3 Å². The summed E-state index contributed by atoms with van der Waals surface area (Å²) < 4.78 is 34.2. The van der Waals surface area contributed by atoms with Crippen LogP contribution in [0.25, 0.3) is 0 Å². The first-order valence-corrected chi connectivity index (χ1v) is 7.99. The SMILES string of the molecule is COP(C)(=O)OC.COP(C)(C)=O. The van der Waals surface area contributed by atoms with E-state index in [9.17, 15) is 9.13 Å². The Morgan fingerprint density at radius 3 is 1.00 bits per heavy atom. The second-order valence-corrected chi connectivity index (χ2v) is 7.71. The van der Waals surface area contributed by atoms with Crippen molar-refractivity contribution in [3.05, 3.63) is 0 Å². The molecule has 0 fully saturated rings. The molecule has 0 aliphatic carbocycles. The Morgan fingerprint density at radius 1 is 0.769 bits per heavy atom. The molecule has 0 heterocycles. The third-order valence-electron chi connectivity index (χ3n) is 1.10. The van der Waals surface area contributed by atoms with Crippen LogP contribution in [0.4, 0.5) is 0 Å². The van der Waals surface area contributed by atoms with Crippen LogP contribution in [0, 0.1) is 0 Å². The van der Waals surface area contributed by atoms with Crippen LogP contribution in [-0.2, 0) is 22.7 Å². The molecule has 0 atom stereocenters. The van der Waals surface area contributed by atoms with Crippen LogP contribution in [-0.4, -0.2) is 41.3 Å². The first-order chi connectivity index (χ1) is 5.68. The summed E-state index contributed by atoms with van der Waals surface area (Å²) in [4.78, 5) is 0. The summed E-state index contributed by atoms with van der Waals surface area (Å²) >= 11 is 0. The minimum Gasteiger partial charge on any atom is -0.332 e. The summed E-state index contributed by atoms with van der Waals surface area (Å²) in [5.41, 5.74) is 0. The van der Waals surface area contributed by atoms with Crippen molar-refractivity contribution in [3.8, 4) is 0 Å². The quantitative estimate of drug-likeness (QED) is 0.698. The zero-order valence-corrected chi connectivity index (χ0v) is 10.7. The van der Waals surface area contributed by atoms with E-state index < -0.39 is 15.0 Å². The molecule has 0 aromatic heterocycles. The van der Waals surface area contributed by atoms with Gasteiger partial charge in [-0.1, -0.05) is 0 Å². The summed E-state index contributed by atoms with van der Waals surface area (Å²) in [6.07, 6.45) is 0. The van der Waals surface area contributed by atoms with Crippen LogP contribution in [0.1, 0.15) is 0 Å². The average Bonchev–Trinajstić information content (AvgIpc) is 2.04. The third-order valence-corrected chi connectivity index (χ3v) is 3.31. The summed E-state index contributed by atoms with van der Waals surface area (Å²) in [6, 6.07) is 0. The van der Waals surface area contributed by atoms with Gasteiger partial charge in [-0.3, -0.25) is 9.13 Å². The van der Waals surface area contributed by atoms with E-state index in [1.165, 1.54) is 28.0 Å². The van der Waals surface area contributed by atoms with Gasteiger partial charge in [-0.05, 0) is 0 Å². The van der Waals surface area contributed by atoms with Gasteiger partial charge in [0, 0.05) is 41.3 Å². The molecule has 0 saturated heterocycles. The van der Waals surface area contributed by atoms with Gasteiger partial charge in [0.05, 0.1) is 0 Å². The highest BCUT2D eigenvalue weighted by molar-refractivity contribution is 7.57. The van der Waals surface area contributed by atoms with E-state index in [0.29, 0.717) is 0 Å². The van der Waals surface area contributed by atoms with Crippen LogP contribution >= 0.6 is 15.0 Å². The molecule has 0 amide bonds. The van der Waals surface area contributed by atoms with Gasteiger partial charge in [-0.2, -0.15) is 0 Å². The molecule has 0 unspecified atom stereocenters. The molecule has 5 nitrogen and oxygen atoms in total. The minimum absolute atomic E-state index is 1.35. The van der Waals surface area contributed by atoms with Crippen LogP contribution < -0.4 is 0 Å². The van der Waals surface area contributed by atoms with E-state index >= 15 is 0 Å². The monoisotopic (exact) mass is 232 g/mol. The highest BCUT2D eigenvalue weighted by Crippen LogP contribution is 2.40. The Morgan fingerprint density at radius 2 is 1.00 bits per heavy atom. The van der Waals surface area contributed by atoms with Crippen LogP contribution in [0.5, 0.6) is 0 Å². The molecule has 0 spiro atoms. The topological polar surface area (TPSA) is 61.8 Å². The Hall–Kier alpha value is 0.340. The lowest BCUT2D eigenvalue weighted by atomic mass is 11.8. The van der Waals surface area contributed by atoms with E-state index in [0.717, 1.165) is 0 Å². The minimum atomic E-state index is -2.65. The summed E-state index contributed by atoms with van der Waals surface area (Å²) in [6.45, 7) is 4.56. The Bertz CT molecular complexity index is 201. The zero-order chi connectivity index (χ0) is 11.1. The van der Waals surface area contributed by atoms with E-state index in [2.05, 4.69) is 13.6 Å². The molecule has 13 heavy (non-hydrogen) atoms. The molecule has 0 saturated carbocycles. The molecule has 0 aromatic rings. The summed E-state index contributed by atoms with van der Waals surface area (Å²) in [5.74, 6) is 0.